The van der Waals surface area contributed by atoms with Gasteiger partial charge in [-0.2, -0.15) is 0 Å². The van der Waals surface area contributed by atoms with E-state index in [0.717, 1.165) is 0 Å². The lowest BCUT2D eigenvalue weighted by atomic mass is 10.3. The second-order valence-electron chi connectivity index (χ2n) is 2.03. The second-order valence-corrected chi connectivity index (χ2v) is 2.03. The van der Waals surface area contributed by atoms with Gasteiger partial charge in [0.25, 0.3) is 5.56 Å². The van der Waals surface area contributed by atoms with Crippen LogP contribution in [0.5, 0.6) is 0 Å². The number of aromatic nitrogens is 4. The first kappa shape index (κ1) is 5.96. The van der Waals surface area contributed by atoms with Crippen molar-refractivity contribution >= 4 is 10.9 Å². The van der Waals surface area contributed by atoms with Crippen molar-refractivity contribution in [3.05, 3.63) is 28.8 Å². The normalized spacial score (nSPS) is 10.2. The molecule has 5 nitrogen and oxygen atoms in total. The highest BCUT2D eigenvalue weighted by Gasteiger charge is 1.96. The molecule has 0 atom stereocenters. The van der Waals surface area contributed by atoms with Crippen LogP contribution >= 0.6 is 0 Å². The molecule has 54 valence electrons. The van der Waals surface area contributed by atoms with Crippen LogP contribution in [-0.4, -0.2) is 20.4 Å². The first-order valence-corrected chi connectivity index (χ1v) is 3.03. The summed E-state index contributed by atoms with van der Waals surface area (Å²) >= 11 is 0. The molecule has 2 aromatic heterocycles. The molecule has 0 fully saturated rings. The number of nitrogens with zero attached hydrogens (tertiary/aromatic N) is 3. The highest BCUT2D eigenvalue weighted by molar-refractivity contribution is 5.74. The number of pyridine rings is 1. The van der Waals surface area contributed by atoms with E-state index < -0.39 is 0 Å². The fourth-order valence-electron chi connectivity index (χ4n) is 0.842. The summed E-state index contributed by atoms with van der Waals surface area (Å²) in [6, 6.07) is 1.60. The van der Waals surface area contributed by atoms with Crippen molar-refractivity contribution in [2.24, 2.45) is 0 Å². The van der Waals surface area contributed by atoms with Gasteiger partial charge in [-0.15, -0.1) is 5.10 Å². The third-order valence-electron chi connectivity index (χ3n) is 1.35. The topological polar surface area (TPSA) is 71.5 Å². The quantitative estimate of drug-likeness (QED) is 0.557. The summed E-state index contributed by atoms with van der Waals surface area (Å²) in [6.07, 6.45) is 3.04. The molecule has 2 heterocycles. The monoisotopic (exact) mass is 148 g/mol. The molecule has 0 saturated heterocycles. The summed E-state index contributed by atoms with van der Waals surface area (Å²) in [5.41, 5.74) is 0.272. The predicted molar refractivity (Wildman–Crippen MR) is 38.0 cm³/mol. The Labute approximate surface area is 61.1 Å². The van der Waals surface area contributed by atoms with E-state index in [1.807, 2.05) is 0 Å². The fourth-order valence-corrected chi connectivity index (χ4v) is 0.842. The van der Waals surface area contributed by atoms with Gasteiger partial charge in [0.05, 0.1) is 11.6 Å². The van der Waals surface area contributed by atoms with Crippen molar-refractivity contribution < 1.29 is 0 Å². The summed E-state index contributed by atoms with van der Waals surface area (Å²) in [7, 11) is 0. The van der Waals surface area contributed by atoms with Gasteiger partial charge >= 0.3 is 0 Å². The van der Waals surface area contributed by atoms with Crippen LogP contribution in [0.2, 0.25) is 0 Å². The van der Waals surface area contributed by atoms with Gasteiger partial charge in [0.15, 0.2) is 0 Å². The molecular weight excluding hydrogens is 144 g/mol. The van der Waals surface area contributed by atoms with Gasteiger partial charge in [0.1, 0.15) is 5.52 Å². The third kappa shape index (κ3) is 0.861. The van der Waals surface area contributed by atoms with Crippen LogP contribution in [0.25, 0.3) is 10.9 Å². The van der Waals surface area contributed by atoms with Crippen LogP contribution in [0.4, 0.5) is 0 Å². The second kappa shape index (κ2) is 2.12. The number of nitrogens with one attached hydrogen (secondary N) is 1. The van der Waals surface area contributed by atoms with E-state index in [-0.39, 0.29) is 5.56 Å². The molecule has 0 aliphatic heterocycles. The molecule has 11 heavy (non-hydrogen) atoms. The van der Waals surface area contributed by atoms with Crippen molar-refractivity contribution in [3.8, 4) is 0 Å². The standard InChI is InChI=1S/C6H4N4O/c11-6-4-1-2-7-3-5(4)8-10-9-6/h1-3H,(H,8,9,11). The molecule has 0 spiro atoms. The molecule has 0 aliphatic rings. The Hall–Kier alpha value is -1.78. The van der Waals surface area contributed by atoms with Crippen molar-refractivity contribution in [1.29, 1.82) is 0 Å². The smallest absolute Gasteiger partial charge is 0.267 e. The highest BCUT2D eigenvalue weighted by atomic mass is 16.1. The van der Waals surface area contributed by atoms with Gasteiger partial charge in [0, 0.05) is 6.20 Å². The Bertz CT molecular complexity index is 430. The minimum atomic E-state index is -0.239. The molecule has 0 bridgehead atoms. The average Bonchev–Trinajstić information content (AvgIpc) is 2.06. The van der Waals surface area contributed by atoms with Gasteiger partial charge in [-0.25, -0.2) is 5.10 Å². The molecule has 1 N–H and O–H groups in total. The largest absolute Gasteiger partial charge is 0.275 e. The summed E-state index contributed by atoms with van der Waals surface area (Å²) in [5, 5.41) is 9.80. The minimum absolute atomic E-state index is 0.239. The number of H-pyrrole nitrogens is 1. The SMILES string of the molecule is O=c1[nH]nnc2cnccc12. The van der Waals surface area contributed by atoms with E-state index in [1.165, 1.54) is 6.20 Å². The van der Waals surface area contributed by atoms with Crippen LogP contribution in [0, 0.1) is 0 Å². The number of hydrogen-bond acceptors (Lipinski definition) is 4. The first-order chi connectivity index (χ1) is 5.38. The van der Waals surface area contributed by atoms with Crippen LogP contribution in [0.3, 0.4) is 0 Å². The molecule has 0 amide bonds. The number of fused-ring (bicyclic) bond motifs is 1. The van der Waals surface area contributed by atoms with Gasteiger partial charge in [-0.1, -0.05) is 5.21 Å². The molecule has 0 saturated carbocycles. The summed E-state index contributed by atoms with van der Waals surface area (Å²) < 4.78 is 0. The summed E-state index contributed by atoms with van der Waals surface area (Å²) in [6.45, 7) is 0. The average molecular weight is 148 g/mol. The Morgan fingerprint density at radius 1 is 1.45 bits per heavy atom. The molecule has 0 radical (unpaired) electrons. The molecule has 2 aromatic rings. The zero-order valence-corrected chi connectivity index (χ0v) is 5.48. The maximum Gasteiger partial charge on any atom is 0.275 e. The van der Waals surface area contributed by atoms with Gasteiger partial charge < -0.3 is 0 Å². The third-order valence-corrected chi connectivity index (χ3v) is 1.35. The fraction of sp³-hybridized carbons (Fsp3) is 0. The van der Waals surface area contributed by atoms with Crippen molar-refractivity contribution in [1.82, 2.24) is 20.4 Å². The molecule has 0 unspecified atom stereocenters. The van der Waals surface area contributed by atoms with Crippen LogP contribution in [-0.2, 0) is 0 Å². The van der Waals surface area contributed by atoms with E-state index in [0.29, 0.717) is 10.9 Å². The molecule has 0 aromatic carbocycles. The van der Waals surface area contributed by atoms with Gasteiger partial charge in [-0.05, 0) is 6.07 Å². The Kier molecular flexibility index (Phi) is 1.15. The van der Waals surface area contributed by atoms with E-state index in [4.69, 9.17) is 0 Å². The Morgan fingerprint density at radius 3 is 3.18 bits per heavy atom. The van der Waals surface area contributed by atoms with Gasteiger partial charge in [0.2, 0.25) is 0 Å². The van der Waals surface area contributed by atoms with Crippen molar-refractivity contribution in [2.45, 2.75) is 0 Å². The van der Waals surface area contributed by atoms with E-state index in [1.54, 1.807) is 12.3 Å². The van der Waals surface area contributed by atoms with E-state index >= 15 is 0 Å². The number of rotatable bonds is 0. The molecule has 2 rings (SSSR count). The lowest BCUT2D eigenvalue weighted by Gasteiger charge is -1.89. The lowest BCUT2D eigenvalue weighted by Crippen LogP contribution is -2.09. The van der Waals surface area contributed by atoms with Gasteiger partial charge in [-0.3, -0.25) is 9.78 Å². The first-order valence-electron chi connectivity index (χ1n) is 3.03. The number of aromatic amines is 1. The maximum absolute atomic E-state index is 11.0. The molecular formula is C6H4N4O. The minimum Gasteiger partial charge on any atom is -0.267 e. The summed E-state index contributed by atoms with van der Waals surface area (Å²) in [5.74, 6) is 0. The van der Waals surface area contributed by atoms with Crippen molar-refractivity contribution in [3.63, 3.8) is 0 Å². The van der Waals surface area contributed by atoms with Crippen LogP contribution < -0.4 is 5.56 Å². The Morgan fingerprint density at radius 2 is 2.36 bits per heavy atom. The Balaban J connectivity index is 3.03. The lowest BCUT2D eigenvalue weighted by molar-refractivity contribution is 0.870. The van der Waals surface area contributed by atoms with Crippen molar-refractivity contribution in [2.75, 3.05) is 0 Å². The highest BCUT2D eigenvalue weighted by Crippen LogP contribution is 1.98. The zero-order chi connectivity index (χ0) is 7.68. The van der Waals surface area contributed by atoms with Crippen LogP contribution in [0.1, 0.15) is 0 Å². The maximum atomic E-state index is 11.0. The van der Waals surface area contributed by atoms with E-state index in [2.05, 4.69) is 20.4 Å². The zero-order valence-electron chi connectivity index (χ0n) is 5.48. The summed E-state index contributed by atoms with van der Waals surface area (Å²) in [4.78, 5) is 14.8. The van der Waals surface area contributed by atoms with Crippen LogP contribution in [0.15, 0.2) is 23.3 Å². The number of hydrogen-bond donors (Lipinski definition) is 1. The van der Waals surface area contributed by atoms with E-state index in [9.17, 15) is 4.79 Å². The molecule has 5 heteroatoms. The predicted octanol–water partition coefficient (Wildman–Crippen LogP) is -0.287. The molecule has 0 aliphatic carbocycles.